The topological polar surface area (TPSA) is 73.4 Å². The lowest BCUT2D eigenvalue weighted by atomic mass is 10.1. The number of rotatable bonds is 5. The summed E-state index contributed by atoms with van der Waals surface area (Å²) in [6.45, 7) is 2.01. The quantitative estimate of drug-likeness (QED) is 0.434. The van der Waals surface area contributed by atoms with E-state index in [0.717, 1.165) is 44.7 Å². The molecule has 0 bridgehead atoms. The van der Waals surface area contributed by atoms with Crippen LogP contribution in [0.4, 0.5) is 5.69 Å². The average Bonchev–Trinajstić information content (AvgIpc) is 3.34. The van der Waals surface area contributed by atoms with Gasteiger partial charge in [0.2, 0.25) is 6.41 Å². The summed E-state index contributed by atoms with van der Waals surface area (Å²) in [5.74, 6) is 0.757. The highest BCUT2D eigenvalue weighted by Gasteiger charge is 2.15. The molecule has 0 saturated carbocycles. The summed E-state index contributed by atoms with van der Waals surface area (Å²) in [4.78, 5) is 15.9. The van der Waals surface area contributed by atoms with Crippen LogP contribution in [-0.2, 0) is 11.8 Å². The monoisotopic (exact) mass is 411 g/mol. The Morgan fingerprint density at radius 2 is 1.94 bits per heavy atom. The summed E-state index contributed by atoms with van der Waals surface area (Å²) < 4.78 is 9.43. The van der Waals surface area contributed by atoms with Crippen molar-refractivity contribution < 1.29 is 9.53 Å². The lowest BCUT2D eigenvalue weighted by Gasteiger charge is -2.12. The second-order valence-electron chi connectivity index (χ2n) is 7.38. The SMILES string of the molecule is COc1ccccc1-c1cc(NC=O)c2ncc(-c3ccc4c(C)nn(C)c4c3)n2c1. The van der Waals surface area contributed by atoms with E-state index in [1.54, 1.807) is 7.11 Å². The van der Waals surface area contributed by atoms with Crippen molar-refractivity contribution in [2.24, 2.45) is 7.05 Å². The Morgan fingerprint density at radius 1 is 1.10 bits per heavy atom. The maximum atomic E-state index is 11.3. The van der Waals surface area contributed by atoms with E-state index in [-0.39, 0.29) is 0 Å². The molecular formula is C24H21N5O2. The van der Waals surface area contributed by atoms with Crippen LogP contribution >= 0.6 is 0 Å². The molecule has 0 unspecified atom stereocenters. The Kier molecular flexibility index (Phi) is 4.43. The number of imidazole rings is 1. The van der Waals surface area contributed by atoms with Crippen molar-refractivity contribution in [3.63, 3.8) is 0 Å². The van der Waals surface area contributed by atoms with Crippen LogP contribution in [0.3, 0.4) is 0 Å². The second kappa shape index (κ2) is 7.28. The molecule has 0 aliphatic heterocycles. The lowest BCUT2D eigenvalue weighted by Crippen LogP contribution is -2.00. The summed E-state index contributed by atoms with van der Waals surface area (Å²) in [6, 6.07) is 16.0. The van der Waals surface area contributed by atoms with Gasteiger partial charge in [0.15, 0.2) is 5.65 Å². The minimum atomic E-state index is 0.627. The number of fused-ring (bicyclic) bond motifs is 2. The number of pyridine rings is 1. The third-order valence-corrected chi connectivity index (χ3v) is 5.57. The van der Waals surface area contributed by atoms with Crippen molar-refractivity contribution in [1.82, 2.24) is 19.2 Å². The zero-order valence-corrected chi connectivity index (χ0v) is 17.5. The molecule has 5 rings (SSSR count). The Balaban J connectivity index is 1.76. The molecular weight excluding hydrogens is 390 g/mol. The molecule has 0 spiro atoms. The lowest BCUT2D eigenvalue weighted by molar-refractivity contribution is -0.105. The van der Waals surface area contributed by atoms with Crippen LogP contribution in [-0.4, -0.2) is 32.7 Å². The predicted molar refractivity (Wildman–Crippen MR) is 121 cm³/mol. The number of hydrogen-bond acceptors (Lipinski definition) is 4. The van der Waals surface area contributed by atoms with Gasteiger partial charge in [0.1, 0.15) is 5.75 Å². The van der Waals surface area contributed by atoms with Crippen LogP contribution in [0.5, 0.6) is 5.75 Å². The number of carbonyl (C=O) groups excluding carboxylic acids is 1. The van der Waals surface area contributed by atoms with Crippen molar-refractivity contribution in [2.45, 2.75) is 6.92 Å². The number of amides is 1. The number of methoxy groups -OCH3 is 1. The fourth-order valence-electron chi connectivity index (χ4n) is 4.10. The molecule has 1 N–H and O–H groups in total. The largest absolute Gasteiger partial charge is 0.496 e. The molecule has 7 heteroatoms. The zero-order valence-electron chi connectivity index (χ0n) is 17.5. The highest BCUT2D eigenvalue weighted by molar-refractivity contribution is 5.89. The van der Waals surface area contributed by atoms with E-state index in [1.807, 2.05) is 65.8 Å². The van der Waals surface area contributed by atoms with Crippen molar-refractivity contribution >= 4 is 28.6 Å². The normalized spacial score (nSPS) is 11.2. The Morgan fingerprint density at radius 3 is 2.74 bits per heavy atom. The van der Waals surface area contributed by atoms with E-state index >= 15 is 0 Å². The standard InChI is InChI=1S/C24H21N5O2/c1-15-18-9-8-16(11-21(18)28(2)27-15)22-12-25-24-20(26-14-30)10-17(13-29(22)24)19-6-4-5-7-23(19)31-3/h4-14H,1-3H3,(H,26,30). The van der Waals surface area contributed by atoms with Crippen LogP contribution in [0.1, 0.15) is 5.69 Å². The smallest absolute Gasteiger partial charge is 0.211 e. The van der Waals surface area contributed by atoms with Gasteiger partial charge in [-0.05, 0) is 25.1 Å². The van der Waals surface area contributed by atoms with Crippen LogP contribution < -0.4 is 10.1 Å². The number of benzene rings is 2. The Labute approximate surface area is 178 Å². The highest BCUT2D eigenvalue weighted by atomic mass is 16.5. The molecule has 3 aromatic heterocycles. The third-order valence-electron chi connectivity index (χ3n) is 5.57. The highest BCUT2D eigenvalue weighted by Crippen LogP contribution is 2.35. The Bertz CT molecular complexity index is 1450. The van der Waals surface area contributed by atoms with Crippen molar-refractivity contribution in [3.8, 4) is 28.1 Å². The van der Waals surface area contributed by atoms with E-state index < -0.39 is 0 Å². The van der Waals surface area contributed by atoms with E-state index in [0.29, 0.717) is 17.7 Å². The van der Waals surface area contributed by atoms with Gasteiger partial charge in [-0.15, -0.1) is 0 Å². The van der Waals surface area contributed by atoms with Gasteiger partial charge in [-0.2, -0.15) is 5.10 Å². The number of carbonyl (C=O) groups is 1. The third kappa shape index (κ3) is 3.02. The van der Waals surface area contributed by atoms with Crippen molar-refractivity contribution in [2.75, 3.05) is 12.4 Å². The molecule has 1 amide bonds. The number of hydrogen-bond donors (Lipinski definition) is 1. The minimum Gasteiger partial charge on any atom is -0.496 e. The molecule has 0 aliphatic carbocycles. The summed E-state index contributed by atoms with van der Waals surface area (Å²) in [6.07, 6.45) is 4.51. The van der Waals surface area contributed by atoms with E-state index in [4.69, 9.17) is 4.74 Å². The zero-order chi connectivity index (χ0) is 21.5. The molecule has 7 nitrogen and oxygen atoms in total. The molecule has 2 aromatic carbocycles. The van der Waals surface area contributed by atoms with Gasteiger partial charge in [-0.3, -0.25) is 13.9 Å². The average molecular weight is 411 g/mol. The first kappa shape index (κ1) is 18.9. The summed E-state index contributed by atoms with van der Waals surface area (Å²) in [5.41, 5.74) is 7.11. The van der Waals surface area contributed by atoms with Gasteiger partial charge >= 0.3 is 0 Å². The van der Waals surface area contributed by atoms with Gasteiger partial charge in [-0.1, -0.05) is 30.3 Å². The number of nitrogens with one attached hydrogen (secondary N) is 1. The van der Waals surface area contributed by atoms with E-state index in [2.05, 4.69) is 33.6 Å². The fraction of sp³-hybridized carbons (Fsp3) is 0.125. The maximum Gasteiger partial charge on any atom is 0.211 e. The maximum absolute atomic E-state index is 11.3. The molecule has 0 saturated heterocycles. The first-order valence-corrected chi connectivity index (χ1v) is 9.89. The minimum absolute atomic E-state index is 0.627. The van der Waals surface area contributed by atoms with Gasteiger partial charge in [0.25, 0.3) is 0 Å². The van der Waals surface area contributed by atoms with Gasteiger partial charge in [0.05, 0.1) is 35.9 Å². The van der Waals surface area contributed by atoms with E-state index in [1.165, 1.54) is 0 Å². The van der Waals surface area contributed by atoms with Crippen LogP contribution in [0.15, 0.2) is 60.9 Å². The van der Waals surface area contributed by atoms with Crippen LogP contribution in [0.2, 0.25) is 0 Å². The van der Waals surface area contributed by atoms with Gasteiger partial charge in [-0.25, -0.2) is 4.98 Å². The molecule has 3 heterocycles. The van der Waals surface area contributed by atoms with Gasteiger partial charge in [0, 0.05) is 35.3 Å². The van der Waals surface area contributed by atoms with Gasteiger partial charge < -0.3 is 10.1 Å². The first-order chi connectivity index (χ1) is 15.1. The Hall–Kier alpha value is -4.13. The molecule has 0 radical (unpaired) electrons. The molecule has 31 heavy (non-hydrogen) atoms. The van der Waals surface area contributed by atoms with Crippen molar-refractivity contribution in [1.29, 1.82) is 0 Å². The number of aryl methyl sites for hydroxylation is 2. The molecule has 5 aromatic rings. The summed E-state index contributed by atoms with van der Waals surface area (Å²) >= 11 is 0. The number of ether oxygens (including phenoxy) is 1. The number of nitrogens with zero attached hydrogens (tertiary/aromatic N) is 4. The summed E-state index contributed by atoms with van der Waals surface area (Å²) in [7, 11) is 3.59. The molecule has 0 fully saturated rings. The first-order valence-electron chi connectivity index (χ1n) is 9.89. The molecule has 154 valence electrons. The van der Waals surface area contributed by atoms with E-state index in [9.17, 15) is 4.79 Å². The van der Waals surface area contributed by atoms with Crippen LogP contribution in [0, 0.1) is 6.92 Å². The number of anilines is 1. The van der Waals surface area contributed by atoms with Crippen molar-refractivity contribution in [3.05, 3.63) is 66.6 Å². The number of aromatic nitrogens is 4. The molecule has 0 aliphatic rings. The summed E-state index contributed by atoms with van der Waals surface area (Å²) in [5, 5.41) is 8.43. The van der Waals surface area contributed by atoms with Crippen LogP contribution in [0.25, 0.3) is 38.9 Å². The second-order valence-corrected chi connectivity index (χ2v) is 7.38. The number of para-hydroxylation sites is 1. The predicted octanol–water partition coefficient (Wildman–Crippen LogP) is 4.44. The molecule has 0 atom stereocenters. The fourth-order valence-corrected chi connectivity index (χ4v) is 4.10.